The lowest BCUT2D eigenvalue weighted by molar-refractivity contribution is -0.389. The summed E-state index contributed by atoms with van der Waals surface area (Å²) in [7, 11) is 0. The summed E-state index contributed by atoms with van der Waals surface area (Å²) in [4.78, 5) is 23.9. The standard InChI is InChI=1S/C10H14ClN5O3/c1-7(10(17)14-4-2-12-3-5-14)15-6-8(11)9(13-15)16(18)19/h6-7,12H,2-5H2,1H3. The molecule has 0 aromatic carbocycles. The summed E-state index contributed by atoms with van der Waals surface area (Å²) in [6, 6.07) is -0.607. The normalized spacial score (nSPS) is 17.3. The number of nitrogens with one attached hydrogen (secondary N) is 1. The summed E-state index contributed by atoms with van der Waals surface area (Å²) in [6.45, 7) is 4.40. The molecule has 1 aliphatic rings. The van der Waals surface area contributed by atoms with Crippen LogP contribution in [0.15, 0.2) is 6.20 Å². The molecular weight excluding hydrogens is 274 g/mol. The molecule has 1 saturated heterocycles. The lowest BCUT2D eigenvalue weighted by atomic mass is 10.2. The van der Waals surface area contributed by atoms with Gasteiger partial charge in [-0.1, -0.05) is 11.6 Å². The highest BCUT2D eigenvalue weighted by molar-refractivity contribution is 6.32. The van der Waals surface area contributed by atoms with Crippen LogP contribution in [0.3, 0.4) is 0 Å². The van der Waals surface area contributed by atoms with Crippen molar-refractivity contribution < 1.29 is 9.72 Å². The van der Waals surface area contributed by atoms with Gasteiger partial charge in [0.15, 0.2) is 5.02 Å². The molecule has 1 N–H and O–H groups in total. The van der Waals surface area contributed by atoms with Crippen LogP contribution in [0.25, 0.3) is 0 Å². The molecule has 104 valence electrons. The fourth-order valence-electron chi connectivity index (χ4n) is 1.94. The molecule has 1 atom stereocenters. The van der Waals surface area contributed by atoms with Gasteiger partial charge in [-0.05, 0) is 11.8 Å². The molecule has 0 radical (unpaired) electrons. The summed E-state index contributed by atoms with van der Waals surface area (Å²) < 4.78 is 1.24. The third-order valence-electron chi connectivity index (χ3n) is 3.03. The maximum absolute atomic E-state index is 12.2. The number of carbonyl (C=O) groups excluding carboxylic acids is 1. The second-order valence-electron chi connectivity index (χ2n) is 4.29. The Balaban J connectivity index is 2.14. The molecule has 0 aliphatic carbocycles. The van der Waals surface area contributed by atoms with Crippen molar-refractivity contribution in [3.8, 4) is 0 Å². The van der Waals surface area contributed by atoms with Crippen LogP contribution in [0.1, 0.15) is 13.0 Å². The van der Waals surface area contributed by atoms with E-state index in [0.717, 1.165) is 13.1 Å². The first-order valence-electron chi connectivity index (χ1n) is 5.89. The SMILES string of the molecule is CC(C(=O)N1CCNCC1)n1cc(Cl)c([N+](=O)[O-])n1. The average molecular weight is 288 g/mol. The Labute approximate surface area is 114 Å². The van der Waals surface area contributed by atoms with Crippen LogP contribution in [-0.4, -0.2) is 51.7 Å². The maximum atomic E-state index is 12.2. The number of amides is 1. The third-order valence-corrected chi connectivity index (χ3v) is 3.29. The Morgan fingerprint density at radius 3 is 2.74 bits per heavy atom. The van der Waals surface area contributed by atoms with Crippen LogP contribution in [0.5, 0.6) is 0 Å². The van der Waals surface area contributed by atoms with Crippen LogP contribution in [0.4, 0.5) is 5.82 Å². The van der Waals surface area contributed by atoms with Gasteiger partial charge in [-0.15, -0.1) is 0 Å². The smallest absolute Gasteiger partial charge is 0.358 e. The van der Waals surface area contributed by atoms with Gasteiger partial charge in [-0.3, -0.25) is 4.79 Å². The largest absolute Gasteiger partial charge is 0.408 e. The van der Waals surface area contributed by atoms with Crippen molar-refractivity contribution in [2.75, 3.05) is 26.2 Å². The van der Waals surface area contributed by atoms with Gasteiger partial charge in [0.1, 0.15) is 6.04 Å². The van der Waals surface area contributed by atoms with Crippen molar-refractivity contribution in [1.82, 2.24) is 20.0 Å². The highest BCUT2D eigenvalue weighted by Crippen LogP contribution is 2.24. The molecule has 8 nitrogen and oxygen atoms in total. The van der Waals surface area contributed by atoms with E-state index in [9.17, 15) is 14.9 Å². The zero-order valence-electron chi connectivity index (χ0n) is 10.4. The van der Waals surface area contributed by atoms with Gasteiger partial charge >= 0.3 is 5.82 Å². The minimum atomic E-state index is -0.666. The third kappa shape index (κ3) is 2.85. The number of piperazine rings is 1. The van der Waals surface area contributed by atoms with Crippen molar-refractivity contribution in [2.45, 2.75) is 13.0 Å². The Kier molecular flexibility index (Phi) is 4.01. The van der Waals surface area contributed by atoms with Gasteiger partial charge in [0.25, 0.3) is 0 Å². The number of hydrogen-bond donors (Lipinski definition) is 1. The van der Waals surface area contributed by atoms with E-state index in [1.54, 1.807) is 11.8 Å². The van der Waals surface area contributed by atoms with E-state index in [1.165, 1.54) is 10.9 Å². The van der Waals surface area contributed by atoms with E-state index in [-0.39, 0.29) is 10.9 Å². The molecule has 9 heteroatoms. The van der Waals surface area contributed by atoms with E-state index in [1.807, 2.05) is 0 Å². The van der Waals surface area contributed by atoms with Crippen molar-refractivity contribution in [3.63, 3.8) is 0 Å². The van der Waals surface area contributed by atoms with Crippen molar-refractivity contribution >= 4 is 23.3 Å². The van der Waals surface area contributed by atoms with Crippen molar-refractivity contribution in [1.29, 1.82) is 0 Å². The second-order valence-corrected chi connectivity index (χ2v) is 4.70. The molecule has 0 bridgehead atoms. The zero-order chi connectivity index (χ0) is 14.0. The Morgan fingerprint density at radius 2 is 2.21 bits per heavy atom. The van der Waals surface area contributed by atoms with Gasteiger partial charge in [-0.25, -0.2) is 0 Å². The molecule has 1 fully saturated rings. The number of halogens is 1. The summed E-state index contributed by atoms with van der Waals surface area (Å²) in [6.07, 6.45) is 1.31. The highest BCUT2D eigenvalue weighted by atomic mass is 35.5. The summed E-state index contributed by atoms with van der Waals surface area (Å²) in [5.41, 5.74) is 0. The Hall–Kier alpha value is -1.67. The zero-order valence-corrected chi connectivity index (χ0v) is 11.1. The minimum absolute atomic E-state index is 0.0649. The van der Waals surface area contributed by atoms with Crippen LogP contribution < -0.4 is 5.32 Å². The van der Waals surface area contributed by atoms with E-state index < -0.39 is 16.8 Å². The molecule has 0 saturated carbocycles. The lowest BCUT2D eigenvalue weighted by Crippen LogP contribution is -2.48. The second kappa shape index (κ2) is 5.54. The monoisotopic (exact) mass is 287 g/mol. The number of carbonyl (C=O) groups is 1. The van der Waals surface area contributed by atoms with E-state index in [4.69, 9.17) is 11.6 Å². The number of nitrogens with zero attached hydrogens (tertiary/aromatic N) is 4. The fraction of sp³-hybridized carbons (Fsp3) is 0.600. The first-order valence-corrected chi connectivity index (χ1v) is 6.27. The van der Waals surface area contributed by atoms with E-state index >= 15 is 0 Å². The quantitative estimate of drug-likeness (QED) is 0.643. The first-order chi connectivity index (χ1) is 9.00. The summed E-state index contributed by atoms with van der Waals surface area (Å²) >= 11 is 5.71. The highest BCUT2D eigenvalue weighted by Gasteiger charge is 2.29. The minimum Gasteiger partial charge on any atom is -0.358 e. The predicted octanol–water partition coefficient (Wildman–Crippen LogP) is 0.438. The molecule has 1 aromatic heterocycles. The van der Waals surface area contributed by atoms with Crippen molar-refractivity contribution in [3.05, 3.63) is 21.3 Å². The van der Waals surface area contributed by atoms with Gasteiger partial charge in [0, 0.05) is 26.2 Å². The van der Waals surface area contributed by atoms with Crippen LogP contribution in [0, 0.1) is 10.1 Å². The number of rotatable bonds is 3. The molecule has 2 rings (SSSR count). The molecule has 2 heterocycles. The van der Waals surface area contributed by atoms with Gasteiger partial charge in [0.05, 0.1) is 11.3 Å². The van der Waals surface area contributed by atoms with E-state index in [0.29, 0.717) is 13.1 Å². The molecule has 1 aromatic rings. The Bertz CT molecular complexity index is 497. The summed E-state index contributed by atoms with van der Waals surface area (Å²) in [5, 5.41) is 17.5. The van der Waals surface area contributed by atoms with E-state index in [2.05, 4.69) is 10.4 Å². The molecule has 1 amide bonds. The average Bonchev–Trinajstić information content (AvgIpc) is 2.80. The lowest BCUT2D eigenvalue weighted by Gasteiger charge is -2.29. The van der Waals surface area contributed by atoms with Gasteiger partial charge in [-0.2, -0.15) is 4.68 Å². The molecule has 19 heavy (non-hydrogen) atoms. The number of nitro groups is 1. The van der Waals surface area contributed by atoms with Gasteiger partial charge < -0.3 is 20.3 Å². The van der Waals surface area contributed by atoms with Crippen molar-refractivity contribution in [2.24, 2.45) is 0 Å². The first kappa shape index (κ1) is 13.8. The van der Waals surface area contributed by atoms with Crippen LogP contribution in [0.2, 0.25) is 5.02 Å². The van der Waals surface area contributed by atoms with Gasteiger partial charge in [0.2, 0.25) is 5.91 Å². The fourth-order valence-corrected chi connectivity index (χ4v) is 2.15. The maximum Gasteiger partial charge on any atom is 0.408 e. The molecule has 0 spiro atoms. The Morgan fingerprint density at radius 1 is 1.58 bits per heavy atom. The topological polar surface area (TPSA) is 93.3 Å². The molecule has 1 aliphatic heterocycles. The molecule has 1 unspecified atom stereocenters. The summed E-state index contributed by atoms with van der Waals surface area (Å²) in [5.74, 6) is -0.544. The predicted molar refractivity (Wildman–Crippen MR) is 68.1 cm³/mol. The molecular formula is C10H14ClN5O3. The number of hydrogen-bond acceptors (Lipinski definition) is 5. The number of aromatic nitrogens is 2. The van der Waals surface area contributed by atoms with Crippen LogP contribution in [-0.2, 0) is 4.79 Å². The van der Waals surface area contributed by atoms with Crippen LogP contribution >= 0.6 is 11.6 Å².